The van der Waals surface area contributed by atoms with Crippen molar-refractivity contribution in [2.24, 2.45) is 11.5 Å². The number of carbonyl (C=O) groups excluding carboxylic acids is 4. The summed E-state index contributed by atoms with van der Waals surface area (Å²) in [6.07, 6.45) is 1.64. The van der Waals surface area contributed by atoms with E-state index in [0.29, 0.717) is 59.2 Å². The summed E-state index contributed by atoms with van der Waals surface area (Å²) >= 11 is 0. The number of fused-ring (bicyclic) bond motifs is 2. The Morgan fingerprint density at radius 1 is 0.455 bits per heavy atom. The largest absolute Gasteiger partial charge is 0.330 e. The molecule has 0 fully saturated rings. The Kier molecular flexibility index (Phi) is 7.22. The maximum atomic E-state index is 13.6. The van der Waals surface area contributed by atoms with E-state index in [1.165, 1.54) is 9.80 Å². The SMILES string of the molecule is NCCCNCCN1C(=O)c2ccc3c4ccc5c6c(ccc(c7ccc(c2c37)C1=O)c64)C(=O)N(CCNCCCN)C5=O. The molecule has 0 unspecified atom stereocenters. The van der Waals surface area contributed by atoms with E-state index in [0.717, 1.165) is 58.2 Å². The Morgan fingerprint density at radius 3 is 1.07 bits per heavy atom. The highest BCUT2D eigenvalue weighted by atomic mass is 16.2. The molecule has 0 saturated heterocycles. The van der Waals surface area contributed by atoms with Gasteiger partial charge in [-0.15, -0.1) is 0 Å². The monoisotopic (exact) mass is 590 g/mol. The Labute approximate surface area is 253 Å². The van der Waals surface area contributed by atoms with Crippen molar-refractivity contribution in [3.8, 4) is 0 Å². The number of rotatable bonds is 12. The summed E-state index contributed by atoms with van der Waals surface area (Å²) in [7, 11) is 0. The van der Waals surface area contributed by atoms with Gasteiger partial charge in [0.05, 0.1) is 0 Å². The quantitative estimate of drug-likeness (QED) is 0.0750. The second-order valence-electron chi connectivity index (χ2n) is 11.5. The van der Waals surface area contributed by atoms with Crippen molar-refractivity contribution in [2.45, 2.75) is 12.8 Å². The van der Waals surface area contributed by atoms with Gasteiger partial charge in [0.1, 0.15) is 0 Å². The van der Waals surface area contributed by atoms with Crippen molar-refractivity contribution in [3.63, 3.8) is 0 Å². The van der Waals surface area contributed by atoms with Crippen LogP contribution >= 0.6 is 0 Å². The zero-order valence-electron chi connectivity index (χ0n) is 24.4. The lowest BCUT2D eigenvalue weighted by atomic mass is 9.82. The summed E-state index contributed by atoms with van der Waals surface area (Å²) in [5.74, 6) is -1.23. The normalized spacial score (nSPS) is 14.9. The van der Waals surface area contributed by atoms with Gasteiger partial charge >= 0.3 is 0 Å². The minimum Gasteiger partial charge on any atom is -0.330 e. The van der Waals surface area contributed by atoms with Crippen molar-refractivity contribution in [3.05, 3.63) is 70.8 Å². The van der Waals surface area contributed by atoms with Crippen molar-refractivity contribution in [1.82, 2.24) is 20.4 Å². The van der Waals surface area contributed by atoms with Crippen LogP contribution in [0, 0.1) is 0 Å². The maximum Gasteiger partial charge on any atom is 0.261 e. The van der Waals surface area contributed by atoms with Crippen LogP contribution in [0.3, 0.4) is 0 Å². The van der Waals surface area contributed by atoms with Gasteiger partial charge in [-0.2, -0.15) is 0 Å². The van der Waals surface area contributed by atoms with Crippen LogP contribution in [-0.4, -0.2) is 85.8 Å². The zero-order valence-corrected chi connectivity index (χ0v) is 24.4. The smallest absolute Gasteiger partial charge is 0.261 e. The molecule has 2 aliphatic rings. The molecule has 224 valence electrons. The lowest BCUT2D eigenvalue weighted by Gasteiger charge is -2.30. The van der Waals surface area contributed by atoms with Gasteiger partial charge in [0, 0.05) is 59.2 Å². The van der Waals surface area contributed by atoms with Crippen LogP contribution in [0.4, 0.5) is 0 Å². The first-order chi connectivity index (χ1) is 21.5. The maximum absolute atomic E-state index is 13.6. The van der Waals surface area contributed by atoms with Gasteiger partial charge < -0.3 is 22.1 Å². The predicted octanol–water partition coefficient (Wildman–Crippen LogP) is 2.81. The molecule has 2 aliphatic heterocycles. The van der Waals surface area contributed by atoms with Crippen LogP contribution in [-0.2, 0) is 0 Å². The average molecular weight is 591 g/mol. The number of nitrogens with one attached hydrogen (secondary N) is 2. The van der Waals surface area contributed by atoms with Crippen molar-refractivity contribution >= 4 is 66.7 Å². The van der Waals surface area contributed by atoms with Crippen molar-refractivity contribution in [2.75, 3.05) is 52.4 Å². The molecular weight excluding hydrogens is 556 g/mol. The molecule has 0 radical (unpaired) electrons. The summed E-state index contributed by atoms with van der Waals surface area (Å²) in [5.41, 5.74) is 13.1. The number of hydrogen-bond acceptors (Lipinski definition) is 8. The fraction of sp³-hybridized carbons (Fsp3) is 0.294. The fourth-order valence-electron chi connectivity index (χ4n) is 6.86. The molecule has 10 heteroatoms. The van der Waals surface area contributed by atoms with E-state index >= 15 is 0 Å². The number of nitrogens with zero attached hydrogens (tertiary/aromatic N) is 2. The predicted molar refractivity (Wildman–Crippen MR) is 171 cm³/mol. The molecule has 0 aliphatic carbocycles. The van der Waals surface area contributed by atoms with E-state index in [9.17, 15) is 19.2 Å². The van der Waals surface area contributed by atoms with Crippen LogP contribution in [0.1, 0.15) is 54.3 Å². The molecule has 0 saturated carbocycles. The number of hydrogen-bond donors (Lipinski definition) is 4. The van der Waals surface area contributed by atoms with Gasteiger partial charge in [-0.1, -0.05) is 24.3 Å². The van der Waals surface area contributed by atoms with Gasteiger partial charge in [-0.05, 0) is 95.6 Å². The standard InChI is InChI=1S/C34H34N6O4/c35-11-1-13-37-15-17-39-31(41)23-7-3-19-21-5-9-25-30-26(34(44)40(33(25)43)18-16-38-14-2-12-36)10-6-22(28(21)30)20-4-8-24(32(39)42)29(23)27(19)20/h3-10,37-38H,1-2,11-18,35-36H2. The van der Waals surface area contributed by atoms with Gasteiger partial charge in [0.2, 0.25) is 0 Å². The molecule has 5 aromatic carbocycles. The lowest BCUT2D eigenvalue weighted by Crippen LogP contribution is -2.44. The number of nitrogens with two attached hydrogens (primary N) is 2. The summed E-state index contributed by atoms with van der Waals surface area (Å²) in [5, 5.41) is 13.0. The Balaban J connectivity index is 1.33. The molecule has 0 atom stereocenters. The van der Waals surface area contributed by atoms with Crippen molar-refractivity contribution in [1.29, 1.82) is 0 Å². The molecule has 4 amide bonds. The summed E-state index contributed by atoms with van der Waals surface area (Å²) < 4.78 is 0. The average Bonchev–Trinajstić information content (AvgIpc) is 3.04. The second kappa shape index (κ2) is 11.2. The molecule has 2 heterocycles. The minimum absolute atomic E-state index is 0.267. The van der Waals surface area contributed by atoms with E-state index in [4.69, 9.17) is 11.5 Å². The number of benzene rings is 5. The molecular formula is C34H34N6O4. The summed E-state index contributed by atoms with van der Waals surface area (Å²) in [6, 6.07) is 14.9. The van der Waals surface area contributed by atoms with Crippen molar-refractivity contribution < 1.29 is 19.2 Å². The zero-order chi connectivity index (χ0) is 30.5. The number of amides is 4. The van der Waals surface area contributed by atoms with E-state index < -0.39 is 0 Å². The van der Waals surface area contributed by atoms with E-state index in [2.05, 4.69) is 10.6 Å². The minimum atomic E-state index is -0.309. The molecule has 0 spiro atoms. The highest BCUT2D eigenvalue weighted by molar-refractivity contribution is 6.41. The molecule has 0 bridgehead atoms. The van der Waals surface area contributed by atoms with Crippen LogP contribution in [0.2, 0.25) is 0 Å². The van der Waals surface area contributed by atoms with E-state index in [-0.39, 0.29) is 36.7 Å². The van der Waals surface area contributed by atoms with Crippen LogP contribution in [0.5, 0.6) is 0 Å². The Hall–Kier alpha value is -4.48. The van der Waals surface area contributed by atoms with E-state index in [1.54, 1.807) is 24.3 Å². The Morgan fingerprint density at radius 2 is 0.773 bits per heavy atom. The molecule has 10 nitrogen and oxygen atoms in total. The lowest BCUT2D eigenvalue weighted by molar-refractivity contribution is 0.0596. The van der Waals surface area contributed by atoms with Crippen LogP contribution in [0.25, 0.3) is 43.1 Å². The highest BCUT2D eigenvalue weighted by Gasteiger charge is 2.36. The molecule has 5 aromatic rings. The third kappa shape index (κ3) is 4.17. The third-order valence-corrected chi connectivity index (χ3v) is 8.94. The Bertz CT molecular complexity index is 1740. The molecule has 7 rings (SSSR count). The first kappa shape index (κ1) is 28.3. The van der Waals surface area contributed by atoms with Gasteiger partial charge in [-0.3, -0.25) is 29.0 Å². The molecule has 44 heavy (non-hydrogen) atoms. The van der Waals surface area contributed by atoms with E-state index in [1.807, 2.05) is 24.3 Å². The molecule has 0 aromatic heterocycles. The van der Waals surface area contributed by atoms with Gasteiger partial charge in [0.25, 0.3) is 23.6 Å². The second-order valence-corrected chi connectivity index (χ2v) is 11.5. The fourth-order valence-corrected chi connectivity index (χ4v) is 6.86. The first-order valence-electron chi connectivity index (χ1n) is 15.2. The van der Waals surface area contributed by atoms with Crippen LogP contribution < -0.4 is 22.1 Å². The first-order valence-corrected chi connectivity index (χ1v) is 15.2. The van der Waals surface area contributed by atoms with Gasteiger partial charge in [-0.25, -0.2) is 0 Å². The number of carbonyl (C=O) groups is 4. The molecule has 6 N–H and O–H groups in total. The van der Waals surface area contributed by atoms with Crippen LogP contribution in [0.15, 0.2) is 48.5 Å². The number of imide groups is 2. The highest BCUT2D eigenvalue weighted by Crippen LogP contribution is 2.46. The topological polar surface area (TPSA) is 151 Å². The summed E-state index contributed by atoms with van der Waals surface area (Å²) in [6.45, 7) is 4.12. The third-order valence-electron chi connectivity index (χ3n) is 8.94. The summed E-state index contributed by atoms with van der Waals surface area (Å²) in [4.78, 5) is 57.2. The van der Waals surface area contributed by atoms with Gasteiger partial charge in [0.15, 0.2) is 0 Å².